The van der Waals surface area contributed by atoms with Crippen LogP contribution in [-0.4, -0.2) is 25.7 Å². The molecule has 0 atom stereocenters. The van der Waals surface area contributed by atoms with Crippen LogP contribution in [0, 0.1) is 0 Å². The molecule has 0 aromatic heterocycles. The molecule has 4 nitrogen and oxygen atoms in total. The van der Waals surface area contributed by atoms with Crippen molar-refractivity contribution in [3.63, 3.8) is 0 Å². The van der Waals surface area contributed by atoms with Gasteiger partial charge in [0.05, 0.1) is 13.7 Å². The maximum Gasteiger partial charge on any atom is 0.305 e. The van der Waals surface area contributed by atoms with Crippen molar-refractivity contribution < 1.29 is 19.1 Å². The summed E-state index contributed by atoms with van der Waals surface area (Å²) in [4.78, 5) is 21.3. The second-order valence-corrected chi connectivity index (χ2v) is 4.49. The first kappa shape index (κ1) is 16.9. The summed E-state index contributed by atoms with van der Waals surface area (Å²) in [7, 11) is 1.43. The smallest absolute Gasteiger partial charge is 0.305 e. The van der Waals surface area contributed by atoms with Crippen LogP contribution in [0.15, 0.2) is 0 Å². The highest BCUT2D eigenvalue weighted by Crippen LogP contribution is 2.10. The standard InChI is InChI=1S/C14H26O4/c1-13(15)18-12-10-8-6-4-3-5-7-9-11-14(16)17-2/h3-12H2,1-2H3. The third-order valence-corrected chi connectivity index (χ3v) is 2.81. The van der Waals surface area contributed by atoms with Gasteiger partial charge in [-0.3, -0.25) is 9.59 Å². The summed E-state index contributed by atoms with van der Waals surface area (Å²) in [6.45, 7) is 1.99. The van der Waals surface area contributed by atoms with Crippen LogP contribution >= 0.6 is 0 Å². The Bertz CT molecular complexity index is 226. The van der Waals surface area contributed by atoms with Crippen molar-refractivity contribution in [2.75, 3.05) is 13.7 Å². The Hall–Kier alpha value is -1.06. The van der Waals surface area contributed by atoms with E-state index in [1.54, 1.807) is 0 Å². The first-order valence-corrected chi connectivity index (χ1v) is 6.87. The molecule has 0 aliphatic heterocycles. The van der Waals surface area contributed by atoms with E-state index in [9.17, 15) is 9.59 Å². The molecule has 0 radical (unpaired) electrons. The molecule has 0 fully saturated rings. The second-order valence-electron chi connectivity index (χ2n) is 4.49. The van der Waals surface area contributed by atoms with Gasteiger partial charge < -0.3 is 9.47 Å². The maximum absolute atomic E-state index is 10.8. The lowest BCUT2D eigenvalue weighted by Gasteiger charge is -2.03. The molecule has 0 heterocycles. The first-order chi connectivity index (χ1) is 8.66. The van der Waals surface area contributed by atoms with Crippen LogP contribution < -0.4 is 0 Å². The Kier molecular flexibility index (Phi) is 11.7. The molecule has 106 valence electrons. The van der Waals surface area contributed by atoms with Gasteiger partial charge in [0.15, 0.2) is 0 Å². The molecule has 0 unspecified atom stereocenters. The zero-order valence-electron chi connectivity index (χ0n) is 11.7. The second kappa shape index (κ2) is 12.4. The van der Waals surface area contributed by atoms with Crippen molar-refractivity contribution in [2.45, 2.75) is 64.7 Å². The maximum atomic E-state index is 10.8. The summed E-state index contributed by atoms with van der Waals surface area (Å²) < 4.78 is 9.43. The number of methoxy groups -OCH3 is 1. The number of rotatable bonds is 11. The summed E-state index contributed by atoms with van der Waals surface area (Å²) >= 11 is 0. The van der Waals surface area contributed by atoms with Gasteiger partial charge in [-0.05, 0) is 12.8 Å². The third kappa shape index (κ3) is 13.0. The fourth-order valence-corrected chi connectivity index (χ4v) is 1.75. The van der Waals surface area contributed by atoms with Crippen LogP contribution in [0.25, 0.3) is 0 Å². The highest BCUT2D eigenvalue weighted by Gasteiger charge is 1.99. The van der Waals surface area contributed by atoms with Gasteiger partial charge in [0.2, 0.25) is 0 Å². The van der Waals surface area contributed by atoms with Gasteiger partial charge in [0, 0.05) is 13.3 Å². The summed E-state index contributed by atoms with van der Waals surface area (Å²) in [5, 5.41) is 0. The molecule has 0 rings (SSSR count). The molecule has 0 spiro atoms. The molecule has 0 N–H and O–H groups in total. The van der Waals surface area contributed by atoms with Gasteiger partial charge in [-0.1, -0.05) is 38.5 Å². The fourth-order valence-electron chi connectivity index (χ4n) is 1.75. The first-order valence-electron chi connectivity index (χ1n) is 6.87. The molecule has 18 heavy (non-hydrogen) atoms. The molecule has 0 bridgehead atoms. The van der Waals surface area contributed by atoms with E-state index in [0.717, 1.165) is 25.7 Å². The van der Waals surface area contributed by atoms with Gasteiger partial charge in [-0.15, -0.1) is 0 Å². The van der Waals surface area contributed by atoms with Crippen LogP contribution in [0.2, 0.25) is 0 Å². The largest absolute Gasteiger partial charge is 0.469 e. The zero-order chi connectivity index (χ0) is 13.6. The Morgan fingerprint density at radius 1 is 0.833 bits per heavy atom. The molecule has 0 saturated heterocycles. The lowest BCUT2D eigenvalue weighted by atomic mass is 10.1. The summed E-state index contributed by atoms with van der Waals surface area (Å²) in [5.41, 5.74) is 0. The molecule has 0 aliphatic carbocycles. The van der Waals surface area contributed by atoms with Gasteiger partial charge in [0.1, 0.15) is 0 Å². The highest BCUT2D eigenvalue weighted by molar-refractivity contribution is 5.68. The Balaban J connectivity index is 3.03. The van der Waals surface area contributed by atoms with E-state index in [0.29, 0.717) is 13.0 Å². The van der Waals surface area contributed by atoms with E-state index in [-0.39, 0.29) is 11.9 Å². The van der Waals surface area contributed by atoms with Gasteiger partial charge in [-0.25, -0.2) is 0 Å². The molecule has 0 amide bonds. The van der Waals surface area contributed by atoms with Crippen molar-refractivity contribution in [2.24, 2.45) is 0 Å². The number of unbranched alkanes of at least 4 members (excludes halogenated alkanes) is 7. The monoisotopic (exact) mass is 258 g/mol. The van der Waals surface area contributed by atoms with E-state index in [4.69, 9.17) is 4.74 Å². The Labute approximate surface area is 110 Å². The predicted octanol–water partition coefficient (Wildman–Crippen LogP) is 3.23. The summed E-state index contributed by atoms with van der Waals surface area (Å²) in [6, 6.07) is 0. The predicted molar refractivity (Wildman–Crippen MR) is 70.2 cm³/mol. The van der Waals surface area contributed by atoms with E-state index < -0.39 is 0 Å². The van der Waals surface area contributed by atoms with Gasteiger partial charge in [-0.2, -0.15) is 0 Å². The number of ether oxygens (including phenoxy) is 2. The van der Waals surface area contributed by atoms with Crippen LogP contribution in [0.1, 0.15) is 64.7 Å². The highest BCUT2D eigenvalue weighted by atomic mass is 16.5. The number of hydrogen-bond acceptors (Lipinski definition) is 4. The number of esters is 2. The molecular weight excluding hydrogens is 232 g/mol. The van der Waals surface area contributed by atoms with Crippen LogP contribution in [0.3, 0.4) is 0 Å². The molecule has 0 saturated carbocycles. The van der Waals surface area contributed by atoms with Crippen LogP contribution in [0.5, 0.6) is 0 Å². The average molecular weight is 258 g/mol. The average Bonchev–Trinajstić information content (AvgIpc) is 2.35. The Morgan fingerprint density at radius 2 is 1.33 bits per heavy atom. The zero-order valence-corrected chi connectivity index (χ0v) is 11.7. The van der Waals surface area contributed by atoms with Gasteiger partial charge >= 0.3 is 11.9 Å². The third-order valence-electron chi connectivity index (χ3n) is 2.81. The summed E-state index contributed by atoms with van der Waals surface area (Å²) in [6.07, 6.45) is 9.46. The lowest BCUT2D eigenvalue weighted by Crippen LogP contribution is -2.00. The minimum absolute atomic E-state index is 0.111. The van der Waals surface area contributed by atoms with E-state index in [1.807, 2.05) is 0 Å². The minimum atomic E-state index is -0.194. The van der Waals surface area contributed by atoms with Gasteiger partial charge in [0.25, 0.3) is 0 Å². The van der Waals surface area contributed by atoms with E-state index in [2.05, 4.69) is 4.74 Å². The fraction of sp³-hybridized carbons (Fsp3) is 0.857. The topological polar surface area (TPSA) is 52.6 Å². The number of hydrogen-bond donors (Lipinski definition) is 0. The van der Waals surface area contributed by atoms with Crippen LogP contribution in [0.4, 0.5) is 0 Å². The van der Waals surface area contributed by atoms with Crippen molar-refractivity contribution in [1.82, 2.24) is 0 Å². The SMILES string of the molecule is COC(=O)CCCCCCCCCCOC(C)=O. The number of carbonyl (C=O) groups excluding carboxylic acids is 2. The molecule has 0 aromatic carbocycles. The summed E-state index contributed by atoms with van der Waals surface area (Å²) in [5.74, 6) is -0.305. The molecule has 0 aromatic rings. The van der Waals surface area contributed by atoms with Crippen LogP contribution in [-0.2, 0) is 19.1 Å². The lowest BCUT2D eigenvalue weighted by molar-refractivity contribution is -0.141. The minimum Gasteiger partial charge on any atom is -0.469 e. The number of carbonyl (C=O) groups is 2. The quantitative estimate of drug-likeness (QED) is 0.422. The van der Waals surface area contributed by atoms with Crippen molar-refractivity contribution >= 4 is 11.9 Å². The normalized spacial score (nSPS) is 10.1. The van der Waals surface area contributed by atoms with Crippen molar-refractivity contribution in [3.8, 4) is 0 Å². The van der Waals surface area contributed by atoms with Crippen molar-refractivity contribution in [3.05, 3.63) is 0 Å². The Morgan fingerprint density at radius 3 is 1.83 bits per heavy atom. The molecule has 0 aliphatic rings. The van der Waals surface area contributed by atoms with E-state index in [1.165, 1.54) is 39.7 Å². The molecule has 4 heteroatoms. The van der Waals surface area contributed by atoms with Crippen molar-refractivity contribution in [1.29, 1.82) is 0 Å². The van der Waals surface area contributed by atoms with E-state index >= 15 is 0 Å². The molecular formula is C14H26O4.